The van der Waals surface area contributed by atoms with Gasteiger partial charge in [0.1, 0.15) is 25.1 Å². The summed E-state index contributed by atoms with van der Waals surface area (Å²) in [4.78, 5) is 17.7. The normalized spacial score (nSPS) is 14.5. The maximum atomic E-state index is 14.1. The van der Waals surface area contributed by atoms with Crippen LogP contribution in [0.25, 0.3) is 0 Å². The number of ether oxygens (including phenoxy) is 3. The molecule has 0 amide bonds. The third-order valence-electron chi connectivity index (χ3n) is 5.67. The van der Waals surface area contributed by atoms with Crippen molar-refractivity contribution in [2.45, 2.75) is 38.1 Å². The molecule has 1 aromatic heterocycles. The molecule has 2 heterocycles. The Bertz CT molecular complexity index is 1320. The van der Waals surface area contributed by atoms with Crippen LogP contribution in [0, 0.1) is 5.82 Å². The number of thioether (sulfide) groups is 1. The second kappa shape index (κ2) is 12.0. The van der Waals surface area contributed by atoms with E-state index in [-0.39, 0.29) is 19.0 Å². The molecule has 1 atom stereocenters. The summed E-state index contributed by atoms with van der Waals surface area (Å²) in [6.07, 6.45) is 2.50. The zero-order valence-electron chi connectivity index (χ0n) is 21.0. The predicted octanol–water partition coefficient (Wildman–Crippen LogP) is 5.53. The van der Waals surface area contributed by atoms with E-state index in [4.69, 9.17) is 14.2 Å². The van der Waals surface area contributed by atoms with Gasteiger partial charge in [0.2, 0.25) is 11.1 Å². The van der Waals surface area contributed by atoms with Gasteiger partial charge in [-0.25, -0.2) is 13.9 Å². The van der Waals surface area contributed by atoms with E-state index < -0.39 is 12.0 Å². The number of aromatic nitrogens is 3. The molecule has 194 valence electrons. The first-order valence-corrected chi connectivity index (χ1v) is 12.8. The molecule has 37 heavy (non-hydrogen) atoms. The lowest BCUT2D eigenvalue weighted by Crippen LogP contribution is -2.29. The molecule has 1 N–H and O–H groups in total. The zero-order chi connectivity index (χ0) is 26.4. The Hall–Kier alpha value is -3.79. The maximum Gasteiger partial charge on any atom is 0.338 e. The topological polar surface area (TPSA) is 87.5 Å². The summed E-state index contributed by atoms with van der Waals surface area (Å²) in [7, 11) is 1.53. The number of benzene rings is 2. The van der Waals surface area contributed by atoms with Crippen LogP contribution in [-0.4, -0.2) is 40.2 Å². The standard InChI is InChI=1S/C27H29FN4O4S/c1-5-13-35-25(33)23-17(3)29-26-30-27(37-14-6-2)31-32(26)24(23)18-11-12-21(22(15-18)34-4)36-16-19-9-7-8-10-20(19)28/h5,7-12,15,24H,1,6,13-14,16H2,2-4H3,(H,29,30,31). The van der Waals surface area contributed by atoms with Crippen molar-refractivity contribution in [3.05, 3.63) is 83.3 Å². The number of hydrogen-bond donors (Lipinski definition) is 1. The second-order valence-electron chi connectivity index (χ2n) is 8.25. The predicted molar refractivity (Wildman–Crippen MR) is 140 cm³/mol. The molecule has 0 bridgehead atoms. The number of allylic oxidation sites excluding steroid dienone is 1. The zero-order valence-corrected chi connectivity index (χ0v) is 21.8. The highest BCUT2D eigenvalue weighted by molar-refractivity contribution is 7.99. The van der Waals surface area contributed by atoms with E-state index in [0.29, 0.717) is 39.4 Å². The lowest BCUT2D eigenvalue weighted by Gasteiger charge is -2.28. The summed E-state index contributed by atoms with van der Waals surface area (Å²) in [5.74, 6) is 1.45. The minimum atomic E-state index is -0.619. The summed E-state index contributed by atoms with van der Waals surface area (Å²) >= 11 is 1.55. The van der Waals surface area contributed by atoms with Gasteiger partial charge in [-0.2, -0.15) is 4.98 Å². The Morgan fingerprint density at radius 1 is 1.27 bits per heavy atom. The van der Waals surface area contributed by atoms with E-state index in [9.17, 15) is 9.18 Å². The molecule has 8 nitrogen and oxygen atoms in total. The van der Waals surface area contributed by atoms with Crippen LogP contribution in [0.4, 0.5) is 10.3 Å². The van der Waals surface area contributed by atoms with E-state index in [1.807, 2.05) is 6.07 Å². The number of nitrogens with zero attached hydrogens (tertiary/aromatic N) is 3. The van der Waals surface area contributed by atoms with Crippen molar-refractivity contribution in [1.82, 2.24) is 14.8 Å². The molecule has 0 aliphatic carbocycles. The third kappa shape index (κ3) is 5.80. The summed E-state index contributed by atoms with van der Waals surface area (Å²) < 4.78 is 32.6. The molecule has 1 aliphatic rings. The van der Waals surface area contributed by atoms with Crippen LogP contribution >= 0.6 is 11.8 Å². The van der Waals surface area contributed by atoms with Crippen LogP contribution in [0.2, 0.25) is 0 Å². The van der Waals surface area contributed by atoms with Crippen LogP contribution < -0.4 is 14.8 Å². The molecule has 2 aromatic carbocycles. The van der Waals surface area contributed by atoms with Crippen molar-refractivity contribution < 1.29 is 23.4 Å². The van der Waals surface area contributed by atoms with Crippen LogP contribution in [0.3, 0.4) is 0 Å². The van der Waals surface area contributed by atoms with Gasteiger partial charge >= 0.3 is 5.97 Å². The number of nitrogens with one attached hydrogen (secondary N) is 1. The number of halogens is 1. The molecular formula is C27H29FN4O4S. The molecule has 4 rings (SSSR count). The largest absolute Gasteiger partial charge is 0.493 e. The Morgan fingerprint density at radius 3 is 2.81 bits per heavy atom. The summed E-state index contributed by atoms with van der Waals surface area (Å²) in [6, 6.07) is 11.2. The SMILES string of the molecule is C=CCOC(=O)C1=C(C)Nc2nc(SCCC)nn2C1c1ccc(OCc2ccccc2F)c(OC)c1. The van der Waals surface area contributed by atoms with Gasteiger partial charge in [-0.05, 0) is 37.1 Å². The van der Waals surface area contributed by atoms with E-state index in [1.54, 1.807) is 53.7 Å². The number of esters is 1. The fraction of sp³-hybridized carbons (Fsp3) is 0.296. The fourth-order valence-corrected chi connectivity index (χ4v) is 4.60. The number of fused-ring (bicyclic) bond motifs is 1. The number of anilines is 1. The second-order valence-corrected chi connectivity index (χ2v) is 9.32. The molecule has 1 aliphatic heterocycles. The van der Waals surface area contributed by atoms with Crippen LogP contribution in [-0.2, 0) is 16.1 Å². The van der Waals surface area contributed by atoms with Crippen molar-refractivity contribution in [2.24, 2.45) is 0 Å². The van der Waals surface area contributed by atoms with Gasteiger partial charge in [0.15, 0.2) is 11.5 Å². The van der Waals surface area contributed by atoms with Gasteiger partial charge in [-0.1, -0.05) is 55.6 Å². The molecule has 1 unspecified atom stereocenters. The first-order chi connectivity index (χ1) is 18.0. The van der Waals surface area contributed by atoms with E-state index in [2.05, 4.69) is 28.9 Å². The van der Waals surface area contributed by atoms with Crippen molar-refractivity contribution in [3.63, 3.8) is 0 Å². The highest BCUT2D eigenvalue weighted by Crippen LogP contribution is 2.40. The molecule has 0 saturated heterocycles. The minimum Gasteiger partial charge on any atom is -0.493 e. The molecule has 0 radical (unpaired) electrons. The highest BCUT2D eigenvalue weighted by Gasteiger charge is 2.35. The van der Waals surface area contributed by atoms with Crippen LogP contribution in [0.1, 0.15) is 37.4 Å². The monoisotopic (exact) mass is 524 g/mol. The van der Waals surface area contributed by atoms with Gasteiger partial charge < -0.3 is 19.5 Å². The first-order valence-electron chi connectivity index (χ1n) is 11.9. The number of methoxy groups -OCH3 is 1. The summed E-state index contributed by atoms with van der Waals surface area (Å²) in [5.41, 5.74) is 2.17. The van der Waals surface area contributed by atoms with Crippen LogP contribution in [0.15, 0.2) is 71.5 Å². The van der Waals surface area contributed by atoms with Crippen molar-refractivity contribution in [2.75, 3.05) is 24.8 Å². The van der Waals surface area contributed by atoms with Crippen LogP contribution in [0.5, 0.6) is 11.5 Å². The van der Waals surface area contributed by atoms with Crippen molar-refractivity contribution in [3.8, 4) is 11.5 Å². The average Bonchev–Trinajstić information content (AvgIpc) is 3.31. The van der Waals surface area contributed by atoms with Gasteiger partial charge in [0.25, 0.3) is 0 Å². The Kier molecular flexibility index (Phi) is 8.50. The fourth-order valence-electron chi connectivity index (χ4n) is 3.92. The Labute approximate surface area is 219 Å². The molecule has 0 saturated carbocycles. The highest BCUT2D eigenvalue weighted by atomic mass is 32.2. The van der Waals surface area contributed by atoms with Gasteiger partial charge in [-0.15, -0.1) is 5.10 Å². The van der Waals surface area contributed by atoms with Gasteiger partial charge in [0.05, 0.1) is 12.7 Å². The quantitative estimate of drug-likeness (QED) is 0.199. The van der Waals surface area contributed by atoms with Gasteiger partial charge in [-0.3, -0.25) is 0 Å². The van der Waals surface area contributed by atoms with Gasteiger partial charge in [0, 0.05) is 17.0 Å². The lowest BCUT2D eigenvalue weighted by molar-refractivity contribution is -0.138. The van der Waals surface area contributed by atoms with E-state index in [1.165, 1.54) is 19.3 Å². The van der Waals surface area contributed by atoms with E-state index in [0.717, 1.165) is 17.7 Å². The van der Waals surface area contributed by atoms with E-state index >= 15 is 0 Å². The number of carbonyl (C=O) groups excluding carboxylic acids is 1. The molecule has 0 fully saturated rings. The third-order valence-corrected chi connectivity index (χ3v) is 6.71. The Balaban J connectivity index is 1.71. The molecular weight excluding hydrogens is 495 g/mol. The molecule has 3 aromatic rings. The average molecular weight is 525 g/mol. The minimum absolute atomic E-state index is 0.0408. The molecule has 10 heteroatoms. The first kappa shape index (κ1) is 26.3. The summed E-state index contributed by atoms with van der Waals surface area (Å²) in [6.45, 7) is 7.64. The van der Waals surface area contributed by atoms with Crippen molar-refractivity contribution >= 4 is 23.7 Å². The smallest absolute Gasteiger partial charge is 0.338 e. The number of carbonyl (C=O) groups is 1. The lowest BCUT2D eigenvalue weighted by atomic mass is 9.95. The Morgan fingerprint density at radius 2 is 2.08 bits per heavy atom. The number of rotatable bonds is 11. The van der Waals surface area contributed by atoms with Crippen molar-refractivity contribution in [1.29, 1.82) is 0 Å². The number of hydrogen-bond acceptors (Lipinski definition) is 8. The summed E-state index contributed by atoms with van der Waals surface area (Å²) in [5, 5.41) is 8.48. The molecule has 0 spiro atoms. The maximum absolute atomic E-state index is 14.1.